The zero-order chi connectivity index (χ0) is 11.7. The molecule has 2 aromatic rings. The maximum absolute atomic E-state index is 5.75. The Morgan fingerprint density at radius 2 is 1.94 bits per heavy atom. The van der Waals surface area contributed by atoms with E-state index < -0.39 is 0 Å². The SMILES string of the molecule is Nc1ccc2nc(NC3CCCC3)ccc2c1. The molecular formula is C14H17N3. The number of pyridine rings is 1. The van der Waals surface area contributed by atoms with Gasteiger partial charge in [0.15, 0.2) is 0 Å². The summed E-state index contributed by atoms with van der Waals surface area (Å²) in [5.41, 5.74) is 7.54. The van der Waals surface area contributed by atoms with Crippen LogP contribution in [0.2, 0.25) is 0 Å². The van der Waals surface area contributed by atoms with Gasteiger partial charge < -0.3 is 11.1 Å². The second kappa shape index (κ2) is 4.24. The largest absolute Gasteiger partial charge is 0.399 e. The predicted molar refractivity (Wildman–Crippen MR) is 72.0 cm³/mol. The highest BCUT2D eigenvalue weighted by Gasteiger charge is 2.14. The summed E-state index contributed by atoms with van der Waals surface area (Å²) in [6.45, 7) is 0. The van der Waals surface area contributed by atoms with Gasteiger partial charge in [-0.1, -0.05) is 12.8 Å². The van der Waals surface area contributed by atoms with Crippen molar-refractivity contribution in [1.29, 1.82) is 0 Å². The lowest BCUT2D eigenvalue weighted by Gasteiger charge is -2.12. The van der Waals surface area contributed by atoms with Gasteiger partial charge in [0.1, 0.15) is 5.82 Å². The normalized spacial score (nSPS) is 16.5. The number of rotatable bonds is 2. The van der Waals surface area contributed by atoms with Gasteiger partial charge in [-0.2, -0.15) is 0 Å². The molecule has 1 aliphatic carbocycles. The maximum Gasteiger partial charge on any atom is 0.126 e. The highest BCUT2D eigenvalue weighted by atomic mass is 15.0. The fraction of sp³-hybridized carbons (Fsp3) is 0.357. The molecule has 88 valence electrons. The summed E-state index contributed by atoms with van der Waals surface area (Å²) in [6, 6.07) is 10.6. The van der Waals surface area contributed by atoms with Gasteiger partial charge in [0.25, 0.3) is 0 Å². The summed E-state index contributed by atoms with van der Waals surface area (Å²) in [4.78, 5) is 4.61. The average molecular weight is 227 g/mol. The van der Waals surface area contributed by atoms with Crippen molar-refractivity contribution in [3.63, 3.8) is 0 Å². The van der Waals surface area contributed by atoms with E-state index >= 15 is 0 Å². The lowest BCUT2D eigenvalue weighted by atomic mass is 10.2. The van der Waals surface area contributed by atoms with Gasteiger partial charge in [0.2, 0.25) is 0 Å². The van der Waals surface area contributed by atoms with Crippen LogP contribution < -0.4 is 11.1 Å². The minimum Gasteiger partial charge on any atom is -0.399 e. The van der Waals surface area contributed by atoms with Gasteiger partial charge in [-0.15, -0.1) is 0 Å². The van der Waals surface area contributed by atoms with Crippen LogP contribution in [0.1, 0.15) is 25.7 Å². The number of nitrogens with two attached hydrogens (primary N) is 1. The molecule has 3 heteroatoms. The van der Waals surface area contributed by atoms with Crippen LogP contribution in [0.5, 0.6) is 0 Å². The first kappa shape index (κ1) is 10.4. The Morgan fingerprint density at radius 3 is 2.76 bits per heavy atom. The zero-order valence-corrected chi connectivity index (χ0v) is 9.82. The lowest BCUT2D eigenvalue weighted by molar-refractivity contribution is 0.751. The summed E-state index contributed by atoms with van der Waals surface area (Å²) < 4.78 is 0. The molecule has 0 bridgehead atoms. The summed E-state index contributed by atoms with van der Waals surface area (Å²) >= 11 is 0. The number of benzene rings is 1. The molecule has 0 amide bonds. The Bertz CT molecular complexity index is 530. The molecule has 1 heterocycles. The van der Waals surface area contributed by atoms with E-state index in [0.717, 1.165) is 22.4 Å². The van der Waals surface area contributed by atoms with E-state index in [1.807, 2.05) is 24.3 Å². The van der Waals surface area contributed by atoms with Crippen LogP contribution in [0.3, 0.4) is 0 Å². The van der Waals surface area contributed by atoms with Crippen molar-refractivity contribution in [2.75, 3.05) is 11.1 Å². The quantitative estimate of drug-likeness (QED) is 0.775. The number of nitrogens with one attached hydrogen (secondary N) is 1. The lowest BCUT2D eigenvalue weighted by Crippen LogP contribution is -2.15. The van der Waals surface area contributed by atoms with Crippen LogP contribution in [-0.2, 0) is 0 Å². The smallest absolute Gasteiger partial charge is 0.126 e. The first-order valence-electron chi connectivity index (χ1n) is 6.24. The van der Waals surface area contributed by atoms with Crippen LogP contribution in [0.15, 0.2) is 30.3 Å². The fourth-order valence-corrected chi connectivity index (χ4v) is 2.50. The highest BCUT2D eigenvalue weighted by Crippen LogP contribution is 2.23. The molecule has 3 rings (SSSR count). The number of fused-ring (bicyclic) bond motifs is 1. The van der Waals surface area contributed by atoms with Gasteiger partial charge >= 0.3 is 0 Å². The Balaban J connectivity index is 1.88. The summed E-state index contributed by atoms with van der Waals surface area (Å²) in [5.74, 6) is 0.981. The standard InChI is InChI=1S/C14H17N3/c15-11-6-7-13-10(9-11)5-8-14(17-13)16-12-3-1-2-4-12/h5-9,12H,1-4,15H2,(H,16,17). The van der Waals surface area contributed by atoms with E-state index in [-0.39, 0.29) is 0 Å². The van der Waals surface area contributed by atoms with E-state index in [9.17, 15) is 0 Å². The molecule has 1 aromatic heterocycles. The Hall–Kier alpha value is -1.77. The van der Waals surface area contributed by atoms with Crippen LogP contribution in [-0.4, -0.2) is 11.0 Å². The van der Waals surface area contributed by atoms with E-state index in [0.29, 0.717) is 6.04 Å². The molecule has 3 nitrogen and oxygen atoms in total. The van der Waals surface area contributed by atoms with E-state index in [4.69, 9.17) is 5.73 Å². The maximum atomic E-state index is 5.75. The van der Waals surface area contributed by atoms with Crippen LogP contribution in [0.25, 0.3) is 10.9 Å². The van der Waals surface area contributed by atoms with Crippen molar-refractivity contribution in [1.82, 2.24) is 4.98 Å². The van der Waals surface area contributed by atoms with E-state index in [2.05, 4.69) is 16.4 Å². The van der Waals surface area contributed by atoms with Gasteiger partial charge in [-0.05, 0) is 43.2 Å². The van der Waals surface area contributed by atoms with Crippen LogP contribution in [0, 0.1) is 0 Å². The molecule has 1 aromatic carbocycles. The summed E-state index contributed by atoms with van der Waals surface area (Å²) in [7, 11) is 0. The van der Waals surface area contributed by atoms with Crippen LogP contribution in [0.4, 0.5) is 11.5 Å². The van der Waals surface area contributed by atoms with Crippen molar-refractivity contribution in [2.24, 2.45) is 0 Å². The third kappa shape index (κ3) is 2.18. The molecule has 0 aliphatic heterocycles. The second-order valence-electron chi connectivity index (χ2n) is 4.77. The average Bonchev–Trinajstić information content (AvgIpc) is 2.82. The topological polar surface area (TPSA) is 50.9 Å². The van der Waals surface area contributed by atoms with Gasteiger partial charge in [-0.25, -0.2) is 4.98 Å². The van der Waals surface area contributed by atoms with Crippen molar-refractivity contribution in [3.8, 4) is 0 Å². The third-order valence-electron chi connectivity index (χ3n) is 3.42. The predicted octanol–water partition coefficient (Wildman–Crippen LogP) is 3.17. The second-order valence-corrected chi connectivity index (χ2v) is 4.77. The first-order valence-corrected chi connectivity index (χ1v) is 6.24. The van der Waals surface area contributed by atoms with Crippen LogP contribution >= 0.6 is 0 Å². The number of aromatic nitrogens is 1. The molecule has 1 aliphatic rings. The molecule has 0 unspecified atom stereocenters. The molecule has 3 N–H and O–H groups in total. The Kier molecular flexibility index (Phi) is 2.59. The molecule has 1 saturated carbocycles. The monoisotopic (exact) mass is 227 g/mol. The third-order valence-corrected chi connectivity index (χ3v) is 3.42. The number of hydrogen-bond donors (Lipinski definition) is 2. The van der Waals surface area contributed by atoms with E-state index in [1.54, 1.807) is 0 Å². The fourth-order valence-electron chi connectivity index (χ4n) is 2.50. The molecule has 0 saturated heterocycles. The molecule has 0 atom stereocenters. The van der Waals surface area contributed by atoms with Crippen molar-refractivity contribution in [2.45, 2.75) is 31.7 Å². The van der Waals surface area contributed by atoms with Gasteiger partial charge in [-0.3, -0.25) is 0 Å². The number of nitrogen functional groups attached to an aromatic ring is 1. The number of nitrogens with zero attached hydrogens (tertiary/aromatic N) is 1. The minimum absolute atomic E-state index is 0.605. The number of anilines is 2. The Morgan fingerprint density at radius 1 is 1.12 bits per heavy atom. The highest BCUT2D eigenvalue weighted by molar-refractivity contribution is 5.83. The molecular weight excluding hydrogens is 210 g/mol. The first-order chi connectivity index (χ1) is 8.31. The van der Waals surface area contributed by atoms with Gasteiger partial charge in [0.05, 0.1) is 5.52 Å². The van der Waals surface area contributed by atoms with E-state index in [1.165, 1.54) is 25.7 Å². The van der Waals surface area contributed by atoms with Crippen molar-refractivity contribution < 1.29 is 0 Å². The van der Waals surface area contributed by atoms with Crippen molar-refractivity contribution >= 4 is 22.4 Å². The minimum atomic E-state index is 0.605. The molecule has 1 fully saturated rings. The zero-order valence-electron chi connectivity index (χ0n) is 9.82. The molecule has 17 heavy (non-hydrogen) atoms. The molecule has 0 spiro atoms. The summed E-state index contributed by atoms with van der Waals surface area (Å²) in [5, 5.41) is 4.60. The number of hydrogen-bond acceptors (Lipinski definition) is 3. The Labute approximate surface area is 101 Å². The molecule has 0 radical (unpaired) electrons. The summed E-state index contributed by atoms with van der Waals surface area (Å²) in [6.07, 6.45) is 5.20. The van der Waals surface area contributed by atoms with Gasteiger partial charge in [0, 0.05) is 17.1 Å². The van der Waals surface area contributed by atoms with Crippen molar-refractivity contribution in [3.05, 3.63) is 30.3 Å².